The summed E-state index contributed by atoms with van der Waals surface area (Å²) in [5.74, 6) is 4.70. The summed E-state index contributed by atoms with van der Waals surface area (Å²) in [6, 6.07) is 13.5. The van der Waals surface area contributed by atoms with E-state index >= 15 is 0 Å². The van der Waals surface area contributed by atoms with Gasteiger partial charge in [-0.05, 0) is 84.2 Å². The molecular weight excluding hydrogens is 340 g/mol. The van der Waals surface area contributed by atoms with Gasteiger partial charge in [-0.3, -0.25) is 0 Å². The largest absolute Gasteiger partial charge is 0.490 e. The van der Waals surface area contributed by atoms with Gasteiger partial charge in [0, 0.05) is 0 Å². The lowest BCUT2D eigenvalue weighted by molar-refractivity contribution is 0.113. The Bertz CT molecular complexity index is 792. The van der Waals surface area contributed by atoms with E-state index in [9.17, 15) is 0 Å². The van der Waals surface area contributed by atoms with Crippen LogP contribution in [0.25, 0.3) is 10.8 Å². The number of unbranched alkanes of at least 4 members (excludes halogenated alkanes) is 1. The minimum Gasteiger partial charge on any atom is -0.490 e. The molecule has 2 aliphatic carbocycles. The average molecular weight is 377 g/mol. The van der Waals surface area contributed by atoms with E-state index in [1.165, 1.54) is 68.6 Å². The third kappa shape index (κ3) is 4.45. The van der Waals surface area contributed by atoms with E-state index in [4.69, 9.17) is 4.74 Å². The molecule has 0 radical (unpaired) electrons. The Morgan fingerprint density at radius 2 is 1.75 bits per heavy atom. The molecule has 2 fully saturated rings. The summed E-state index contributed by atoms with van der Waals surface area (Å²) in [5.41, 5.74) is 1.55. The van der Waals surface area contributed by atoms with Crippen molar-refractivity contribution in [1.29, 1.82) is 0 Å². The highest BCUT2D eigenvalue weighted by atomic mass is 16.5. The Kier molecular flexibility index (Phi) is 6.40. The molecule has 0 heterocycles. The van der Waals surface area contributed by atoms with Crippen molar-refractivity contribution in [3.63, 3.8) is 0 Å². The lowest BCUT2D eigenvalue weighted by Gasteiger charge is -2.42. The van der Waals surface area contributed by atoms with Crippen molar-refractivity contribution < 1.29 is 4.74 Å². The Balaban J connectivity index is 1.41. The highest BCUT2D eigenvalue weighted by Gasteiger charge is 2.35. The molecule has 2 saturated carbocycles. The third-order valence-electron chi connectivity index (χ3n) is 7.36. The predicted molar refractivity (Wildman–Crippen MR) is 120 cm³/mol. The van der Waals surface area contributed by atoms with Crippen molar-refractivity contribution in [2.75, 3.05) is 6.61 Å². The van der Waals surface area contributed by atoms with Crippen LogP contribution in [0.5, 0.6) is 5.75 Å². The average Bonchev–Trinajstić information content (AvgIpc) is 2.75. The zero-order valence-corrected chi connectivity index (χ0v) is 17.5. The van der Waals surface area contributed by atoms with E-state index in [-0.39, 0.29) is 0 Å². The first-order valence-electron chi connectivity index (χ1n) is 11.5. The second kappa shape index (κ2) is 9.16. The monoisotopic (exact) mass is 376 g/mol. The summed E-state index contributed by atoms with van der Waals surface area (Å²) in [6.07, 6.45) is 14.8. The van der Waals surface area contributed by atoms with Gasteiger partial charge in [-0.2, -0.15) is 0 Å². The van der Waals surface area contributed by atoms with Gasteiger partial charge >= 0.3 is 0 Å². The molecule has 2 aromatic rings. The first-order chi connectivity index (χ1) is 13.8. The molecule has 150 valence electrons. The van der Waals surface area contributed by atoms with Gasteiger partial charge in [0.25, 0.3) is 0 Å². The fourth-order valence-corrected chi connectivity index (χ4v) is 5.79. The summed E-state index contributed by atoms with van der Waals surface area (Å²) in [6.45, 7) is 6.61. The van der Waals surface area contributed by atoms with Crippen molar-refractivity contribution in [3.8, 4) is 5.75 Å². The SMILES string of the molecule is C=CCOc1ccc2cc([C@@H]3CC[C@@H]4CC(CCCC)CCC4C3)ccc2c1. The number of hydrogen-bond acceptors (Lipinski definition) is 1. The minimum absolute atomic E-state index is 0.563. The van der Waals surface area contributed by atoms with E-state index in [0.29, 0.717) is 6.61 Å². The summed E-state index contributed by atoms with van der Waals surface area (Å²) in [5, 5.41) is 2.62. The van der Waals surface area contributed by atoms with Gasteiger partial charge in [0.05, 0.1) is 0 Å². The minimum atomic E-state index is 0.563. The van der Waals surface area contributed by atoms with Gasteiger partial charge < -0.3 is 4.74 Å². The molecular formula is C27H36O. The molecule has 2 unspecified atom stereocenters. The van der Waals surface area contributed by atoms with Crippen LogP contribution >= 0.6 is 0 Å². The summed E-state index contributed by atoms with van der Waals surface area (Å²) in [4.78, 5) is 0. The molecule has 4 atom stereocenters. The van der Waals surface area contributed by atoms with Gasteiger partial charge in [-0.15, -0.1) is 0 Å². The molecule has 0 aromatic heterocycles. The molecule has 4 rings (SSSR count). The molecule has 0 N–H and O–H groups in total. The molecule has 0 bridgehead atoms. The van der Waals surface area contributed by atoms with Crippen LogP contribution in [0, 0.1) is 17.8 Å². The number of rotatable bonds is 7. The van der Waals surface area contributed by atoms with Gasteiger partial charge in [0.1, 0.15) is 12.4 Å². The number of fused-ring (bicyclic) bond motifs is 2. The van der Waals surface area contributed by atoms with Gasteiger partial charge in [0.15, 0.2) is 0 Å². The zero-order valence-electron chi connectivity index (χ0n) is 17.5. The maximum absolute atomic E-state index is 5.68. The highest BCUT2D eigenvalue weighted by Crippen LogP contribution is 2.48. The predicted octanol–water partition coefficient (Wildman–Crippen LogP) is 7.89. The Morgan fingerprint density at radius 3 is 2.61 bits per heavy atom. The number of benzene rings is 2. The maximum Gasteiger partial charge on any atom is 0.120 e. The molecule has 0 aliphatic heterocycles. The van der Waals surface area contributed by atoms with Crippen LogP contribution in [0.1, 0.15) is 76.2 Å². The van der Waals surface area contributed by atoms with Gasteiger partial charge in [-0.1, -0.05) is 69.5 Å². The quantitative estimate of drug-likeness (QED) is 0.446. The molecule has 0 saturated heterocycles. The van der Waals surface area contributed by atoms with Crippen molar-refractivity contribution in [2.24, 2.45) is 17.8 Å². The van der Waals surface area contributed by atoms with E-state index in [1.807, 2.05) is 0 Å². The van der Waals surface area contributed by atoms with E-state index < -0.39 is 0 Å². The first-order valence-corrected chi connectivity index (χ1v) is 11.5. The molecule has 2 aliphatic rings. The molecule has 2 aromatic carbocycles. The van der Waals surface area contributed by atoms with Gasteiger partial charge in [0.2, 0.25) is 0 Å². The number of hydrogen-bond donors (Lipinski definition) is 0. The van der Waals surface area contributed by atoms with Crippen molar-refractivity contribution >= 4 is 10.8 Å². The second-order valence-electron chi connectivity index (χ2n) is 9.22. The summed E-state index contributed by atoms with van der Waals surface area (Å²) < 4.78 is 5.68. The Morgan fingerprint density at radius 1 is 0.964 bits per heavy atom. The standard InChI is InChI=1S/C27H36O/c1-3-5-6-20-7-8-22-17-23(10-9-21(22)16-20)24-11-12-26-19-27(28-15-4-2)14-13-25(26)18-24/h4,11-14,18-23H,2-3,5-10,15-17H2,1H3/t20?,21-,22?,23-/m1/s1. The maximum atomic E-state index is 5.68. The van der Waals surface area contributed by atoms with Crippen LogP contribution in [0.4, 0.5) is 0 Å². The van der Waals surface area contributed by atoms with Gasteiger partial charge in [-0.25, -0.2) is 0 Å². The van der Waals surface area contributed by atoms with Crippen LogP contribution in [-0.2, 0) is 0 Å². The Hall–Kier alpha value is -1.76. The zero-order chi connectivity index (χ0) is 19.3. The van der Waals surface area contributed by atoms with Crippen LogP contribution in [-0.4, -0.2) is 6.61 Å². The smallest absolute Gasteiger partial charge is 0.120 e. The lowest BCUT2D eigenvalue weighted by Crippen LogP contribution is -2.30. The van der Waals surface area contributed by atoms with Crippen LogP contribution < -0.4 is 4.74 Å². The molecule has 28 heavy (non-hydrogen) atoms. The third-order valence-corrected chi connectivity index (χ3v) is 7.36. The highest BCUT2D eigenvalue weighted by molar-refractivity contribution is 5.84. The summed E-state index contributed by atoms with van der Waals surface area (Å²) in [7, 11) is 0. The van der Waals surface area contributed by atoms with E-state index in [1.54, 1.807) is 11.6 Å². The topological polar surface area (TPSA) is 9.23 Å². The Labute approximate surface area is 171 Å². The lowest BCUT2D eigenvalue weighted by atomic mass is 9.63. The molecule has 0 spiro atoms. The second-order valence-corrected chi connectivity index (χ2v) is 9.22. The van der Waals surface area contributed by atoms with Crippen LogP contribution in [0.3, 0.4) is 0 Å². The first kappa shape index (κ1) is 19.6. The molecule has 1 nitrogen and oxygen atoms in total. The number of ether oxygens (including phenoxy) is 1. The van der Waals surface area contributed by atoms with Crippen LogP contribution in [0.15, 0.2) is 49.1 Å². The van der Waals surface area contributed by atoms with E-state index in [2.05, 4.69) is 49.9 Å². The summed E-state index contributed by atoms with van der Waals surface area (Å²) >= 11 is 0. The van der Waals surface area contributed by atoms with E-state index in [0.717, 1.165) is 29.4 Å². The fraction of sp³-hybridized carbons (Fsp3) is 0.556. The van der Waals surface area contributed by atoms with Crippen LogP contribution in [0.2, 0.25) is 0 Å². The molecule has 0 amide bonds. The molecule has 1 heteroatoms. The van der Waals surface area contributed by atoms with Crippen molar-refractivity contribution in [1.82, 2.24) is 0 Å². The van der Waals surface area contributed by atoms with Crippen molar-refractivity contribution in [3.05, 3.63) is 54.6 Å². The fourth-order valence-electron chi connectivity index (χ4n) is 5.79. The van der Waals surface area contributed by atoms with Crippen molar-refractivity contribution in [2.45, 2.75) is 70.6 Å². The normalized spacial score (nSPS) is 27.3.